The predicted molar refractivity (Wildman–Crippen MR) is 121 cm³/mol. The molecule has 2 aromatic carbocycles. The summed E-state index contributed by atoms with van der Waals surface area (Å²) in [5.41, 5.74) is 2.36. The van der Waals surface area contributed by atoms with Gasteiger partial charge in [-0.15, -0.1) is 13.2 Å². The standard InChI is InChI=1S/C24H26F3N3O4/c1-4-16-13-22(32)30(14-15-6-9-18(10-7-15)28-21(31)5-2)29-23(16)17-8-11-19(33-3)20(12-17)34-24(25,26)27/h6-12,16H,4-5,13-14H2,1-3H3,(H,28,31). The smallest absolute Gasteiger partial charge is 0.493 e. The van der Waals surface area contributed by atoms with Crippen LogP contribution in [0.25, 0.3) is 0 Å². The number of methoxy groups -OCH3 is 1. The number of carbonyl (C=O) groups excluding carboxylic acids is 2. The van der Waals surface area contributed by atoms with Crippen LogP contribution in [0.3, 0.4) is 0 Å². The summed E-state index contributed by atoms with van der Waals surface area (Å²) in [5, 5.41) is 8.58. The largest absolute Gasteiger partial charge is 0.573 e. The van der Waals surface area contributed by atoms with Gasteiger partial charge in [0.25, 0.3) is 0 Å². The third kappa shape index (κ3) is 6.27. The number of carbonyl (C=O) groups is 2. The van der Waals surface area contributed by atoms with Crippen molar-refractivity contribution in [1.29, 1.82) is 0 Å². The maximum absolute atomic E-state index is 12.9. The molecule has 1 N–H and O–H groups in total. The van der Waals surface area contributed by atoms with E-state index in [1.165, 1.54) is 24.3 Å². The Morgan fingerprint density at radius 3 is 2.44 bits per heavy atom. The van der Waals surface area contributed by atoms with Gasteiger partial charge in [0, 0.05) is 30.0 Å². The summed E-state index contributed by atoms with van der Waals surface area (Å²) in [4.78, 5) is 24.3. The topological polar surface area (TPSA) is 80.2 Å². The van der Waals surface area contributed by atoms with Crippen LogP contribution in [0.15, 0.2) is 47.6 Å². The van der Waals surface area contributed by atoms with E-state index in [4.69, 9.17) is 4.74 Å². The number of benzene rings is 2. The van der Waals surface area contributed by atoms with Crippen molar-refractivity contribution in [3.05, 3.63) is 53.6 Å². The SMILES string of the molecule is CCC(=O)Nc1ccc(CN2N=C(c3ccc(OC)c(OC(F)(F)F)c3)C(CC)CC2=O)cc1. The molecule has 2 amide bonds. The van der Waals surface area contributed by atoms with E-state index in [-0.39, 0.29) is 36.4 Å². The maximum Gasteiger partial charge on any atom is 0.573 e. The van der Waals surface area contributed by atoms with Crippen molar-refractivity contribution in [1.82, 2.24) is 5.01 Å². The van der Waals surface area contributed by atoms with Gasteiger partial charge in [-0.25, -0.2) is 5.01 Å². The van der Waals surface area contributed by atoms with Crippen LogP contribution in [0.4, 0.5) is 18.9 Å². The number of hydrazone groups is 1. The molecule has 7 nitrogen and oxygen atoms in total. The highest BCUT2D eigenvalue weighted by Crippen LogP contribution is 2.35. The number of nitrogens with one attached hydrogen (secondary N) is 1. The number of hydrogen-bond acceptors (Lipinski definition) is 5. The second-order valence-electron chi connectivity index (χ2n) is 7.76. The second-order valence-corrected chi connectivity index (χ2v) is 7.76. The molecule has 0 aromatic heterocycles. The minimum absolute atomic E-state index is 0.0614. The molecule has 1 unspecified atom stereocenters. The van der Waals surface area contributed by atoms with Gasteiger partial charge in [0.15, 0.2) is 11.5 Å². The number of halogens is 3. The summed E-state index contributed by atoms with van der Waals surface area (Å²) in [6.45, 7) is 3.83. The summed E-state index contributed by atoms with van der Waals surface area (Å²) < 4.78 is 47.7. The molecule has 1 aliphatic rings. The van der Waals surface area contributed by atoms with Crippen molar-refractivity contribution in [3.8, 4) is 11.5 Å². The fourth-order valence-corrected chi connectivity index (χ4v) is 3.59. The number of nitrogens with zero attached hydrogens (tertiary/aromatic N) is 2. The lowest BCUT2D eigenvalue weighted by molar-refractivity contribution is -0.275. The first kappa shape index (κ1) is 25.1. The Kier molecular flexibility index (Phi) is 7.80. The van der Waals surface area contributed by atoms with Gasteiger partial charge in [-0.1, -0.05) is 26.0 Å². The Bertz CT molecular complexity index is 1070. The minimum atomic E-state index is -4.88. The monoisotopic (exact) mass is 477 g/mol. The van der Waals surface area contributed by atoms with Crippen LogP contribution < -0.4 is 14.8 Å². The lowest BCUT2D eigenvalue weighted by atomic mass is 9.89. The third-order valence-corrected chi connectivity index (χ3v) is 5.39. The number of anilines is 1. The summed E-state index contributed by atoms with van der Waals surface area (Å²) in [5.74, 6) is -1.07. The number of ether oxygens (including phenoxy) is 2. The van der Waals surface area contributed by atoms with Crippen molar-refractivity contribution in [2.75, 3.05) is 12.4 Å². The summed E-state index contributed by atoms with van der Waals surface area (Å²) in [7, 11) is 1.25. The zero-order valence-electron chi connectivity index (χ0n) is 19.1. The Morgan fingerprint density at radius 2 is 1.85 bits per heavy atom. The summed E-state index contributed by atoms with van der Waals surface area (Å²) >= 11 is 0. The molecule has 1 heterocycles. The summed E-state index contributed by atoms with van der Waals surface area (Å²) in [6.07, 6.45) is -3.75. The molecular weight excluding hydrogens is 451 g/mol. The lowest BCUT2D eigenvalue weighted by Crippen LogP contribution is -2.36. The van der Waals surface area contributed by atoms with E-state index in [1.807, 2.05) is 6.92 Å². The molecule has 1 aliphatic heterocycles. The molecule has 0 spiro atoms. The Balaban J connectivity index is 1.89. The molecule has 2 aromatic rings. The minimum Gasteiger partial charge on any atom is -0.493 e. The fourth-order valence-electron chi connectivity index (χ4n) is 3.59. The van der Waals surface area contributed by atoms with Crippen LogP contribution >= 0.6 is 0 Å². The van der Waals surface area contributed by atoms with Crippen LogP contribution in [0, 0.1) is 5.92 Å². The quantitative estimate of drug-likeness (QED) is 0.573. The van der Waals surface area contributed by atoms with Gasteiger partial charge < -0.3 is 14.8 Å². The molecule has 34 heavy (non-hydrogen) atoms. The first-order chi connectivity index (χ1) is 16.1. The van der Waals surface area contributed by atoms with Gasteiger partial charge in [-0.05, 0) is 42.3 Å². The number of hydrogen-bond donors (Lipinski definition) is 1. The number of rotatable bonds is 8. The number of amides is 2. The molecule has 182 valence electrons. The Labute approximate surface area is 195 Å². The lowest BCUT2D eigenvalue weighted by Gasteiger charge is -2.29. The van der Waals surface area contributed by atoms with E-state index in [2.05, 4.69) is 15.2 Å². The highest BCUT2D eigenvalue weighted by molar-refractivity contribution is 6.06. The van der Waals surface area contributed by atoms with Crippen molar-refractivity contribution in [3.63, 3.8) is 0 Å². The molecule has 0 saturated heterocycles. The predicted octanol–water partition coefficient (Wildman–Crippen LogP) is 5.11. The fraction of sp³-hybridized carbons (Fsp3) is 0.375. The van der Waals surface area contributed by atoms with Gasteiger partial charge in [0.05, 0.1) is 19.4 Å². The van der Waals surface area contributed by atoms with Crippen LogP contribution in [0.1, 0.15) is 44.2 Å². The van der Waals surface area contributed by atoms with Crippen molar-refractivity contribution in [2.45, 2.75) is 46.0 Å². The average molecular weight is 477 g/mol. The van der Waals surface area contributed by atoms with Gasteiger partial charge in [-0.2, -0.15) is 5.10 Å². The molecule has 1 atom stereocenters. The molecule has 0 bridgehead atoms. The molecule has 0 radical (unpaired) electrons. The first-order valence-electron chi connectivity index (χ1n) is 10.8. The van der Waals surface area contributed by atoms with Crippen LogP contribution in [-0.4, -0.2) is 36.0 Å². The van der Waals surface area contributed by atoms with Crippen LogP contribution in [0.2, 0.25) is 0 Å². The Morgan fingerprint density at radius 1 is 1.15 bits per heavy atom. The van der Waals surface area contributed by atoms with E-state index >= 15 is 0 Å². The van der Waals surface area contributed by atoms with E-state index in [1.54, 1.807) is 37.3 Å². The van der Waals surface area contributed by atoms with Crippen molar-refractivity contribution < 1.29 is 32.2 Å². The Hall–Kier alpha value is -3.56. The van der Waals surface area contributed by atoms with Crippen LogP contribution in [-0.2, 0) is 16.1 Å². The van der Waals surface area contributed by atoms with E-state index in [9.17, 15) is 22.8 Å². The van der Waals surface area contributed by atoms with Gasteiger partial charge in [0.2, 0.25) is 11.8 Å². The molecule has 10 heteroatoms. The zero-order chi connectivity index (χ0) is 24.9. The van der Waals surface area contributed by atoms with Gasteiger partial charge in [-0.3, -0.25) is 9.59 Å². The molecule has 0 aliphatic carbocycles. The highest BCUT2D eigenvalue weighted by atomic mass is 19.4. The number of alkyl halides is 3. The van der Waals surface area contributed by atoms with Gasteiger partial charge >= 0.3 is 6.36 Å². The van der Waals surface area contributed by atoms with E-state index in [0.717, 1.165) is 5.56 Å². The maximum atomic E-state index is 12.9. The molecule has 0 saturated carbocycles. The molecule has 0 fully saturated rings. The normalized spacial score (nSPS) is 16.2. The molecule has 3 rings (SSSR count). The second kappa shape index (κ2) is 10.6. The van der Waals surface area contributed by atoms with Gasteiger partial charge in [0.1, 0.15) is 0 Å². The first-order valence-corrected chi connectivity index (χ1v) is 10.8. The van der Waals surface area contributed by atoms with Crippen LogP contribution in [0.5, 0.6) is 11.5 Å². The summed E-state index contributed by atoms with van der Waals surface area (Å²) in [6, 6.07) is 11.2. The zero-order valence-corrected chi connectivity index (χ0v) is 19.1. The molecular formula is C24H26F3N3O4. The average Bonchev–Trinajstić information content (AvgIpc) is 2.80. The van der Waals surface area contributed by atoms with Crippen molar-refractivity contribution in [2.24, 2.45) is 11.0 Å². The third-order valence-electron chi connectivity index (χ3n) is 5.39. The van der Waals surface area contributed by atoms with E-state index in [0.29, 0.717) is 29.8 Å². The van der Waals surface area contributed by atoms with E-state index < -0.39 is 12.1 Å². The van der Waals surface area contributed by atoms with Crippen molar-refractivity contribution >= 4 is 23.2 Å². The highest BCUT2D eigenvalue weighted by Gasteiger charge is 2.34.